The van der Waals surface area contributed by atoms with E-state index in [0.29, 0.717) is 20.9 Å². The second-order valence-corrected chi connectivity index (χ2v) is 10.2. The van der Waals surface area contributed by atoms with Crippen LogP contribution < -0.4 is 15.1 Å². The van der Waals surface area contributed by atoms with Gasteiger partial charge in [0, 0.05) is 41.2 Å². The molecule has 1 N–H and O–H groups in total. The molecule has 2 aliphatic rings. The molecule has 4 aromatic rings. The molecule has 0 bridgehead atoms. The lowest BCUT2D eigenvalue weighted by atomic mass is 10.0. The molecular weight excluding hydrogens is 527 g/mol. The van der Waals surface area contributed by atoms with Crippen molar-refractivity contribution >= 4 is 51.9 Å². The Bertz CT molecular complexity index is 1410. The van der Waals surface area contributed by atoms with Gasteiger partial charge >= 0.3 is 0 Å². The molecule has 0 aliphatic carbocycles. The molecule has 37 heavy (non-hydrogen) atoms. The van der Waals surface area contributed by atoms with Crippen molar-refractivity contribution < 1.29 is 9.15 Å². The monoisotopic (exact) mass is 550 g/mol. The number of ether oxygens (including phenoxy) is 1. The molecule has 9 heteroatoms. The minimum absolute atomic E-state index is 0.202. The minimum Gasteiger partial charge on any atom is -0.459 e. The first-order valence-electron chi connectivity index (χ1n) is 12.1. The third-order valence-electron chi connectivity index (χ3n) is 6.72. The van der Waals surface area contributed by atoms with Gasteiger partial charge in [-0.15, -0.1) is 0 Å². The van der Waals surface area contributed by atoms with Crippen LogP contribution in [-0.4, -0.2) is 36.4 Å². The van der Waals surface area contributed by atoms with Crippen molar-refractivity contribution in [3.8, 4) is 11.3 Å². The maximum absolute atomic E-state index is 6.47. The number of nitrogens with one attached hydrogen (secondary N) is 1. The summed E-state index contributed by atoms with van der Waals surface area (Å²) in [6.07, 6.45) is 1.79. The zero-order valence-corrected chi connectivity index (χ0v) is 22.1. The van der Waals surface area contributed by atoms with E-state index in [0.717, 1.165) is 49.0 Å². The summed E-state index contributed by atoms with van der Waals surface area (Å²) < 4.78 is 11.9. The van der Waals surface area contributed by atoms with Crippen LogP contribution in [0.1, 0.15) is 23.5 Å². The molecule has 188 valence electrons. The Morgan fingerprint density at radius 3 is 2.43 bits per heavy atom. The maximum Gasteiger partial charge on any atom is 0.174 e. The number of hydrogen-bond donors (Lipinski definition) is 1. The summed E-state index contributed by atoms with van der Waals surface area (Å²) in [5.41, 5.74) is 3.80. The Balaban J connectivity index is 1.38. The molecule has 6 rings (SSSR count). The number of nitrogens with zero attached hydrogens (tertiary/aromatic N) is 3. The minimum atomic E-state index is -0.253. The summed E-state index contributed by atoms with van der Waals surface area (Å²) in [6.45, 7) is 3.26. The van der Waals surface area contributed by atoms with Gasteiger partial charge in [-0.1, -0.05) is 29.3 Å². The van der Waals surface area contributed by atoms with Crippen LogP contribution >= 0.6 is 35.4 Å². The largest absolute Gasteiger partial charge is 0.459 e. The van der Waals surface area contributed by atoms with Crippen molar-refractivity contribution in [2.45, 2.75) is 12.1 Å². The molecule has 0 radical (unpaired) electrons. The highest BCUT2D eigenvalue weighted by molar-refractivity contribution is 7.80. The number of pyridine rings is 1. The normalized spacial score (nSPS) is 19.8. The zero-order chi connectivity index (χ0) is 25.4. The van der Waals surface area contributed by atoms with E-state index in [2.05, 4.69) is 44.4 Å². The number of rotatable bonds is 5. The zero-order valence-electron chi connectivity index (χ0n) is 19.8. The average molecular weight is 551 g/mol. The number of aromatic nitrogens is 1. The first-order chi connectivity index (χ1) is 18.1. The first-order valence-corrected chi connectivity index (χ1v) is 13.2. The highest BCUT2D eigenvalue weighted by Crippen LogP contribution is 2.44. The topological polar surface area (TPSA) is 53.8 Å². The predicted molar refractivity (Wildman–Crippen MR) is 152 cm³/mol. The molecule has 2 fully saturated rings. The third-order valence-corrected chi connectivity index (χ3v) is 7.58. The number of benzene rings is 2. The highest BCUT2D eigenvalue weighted by atomic mass is 35.5. The SMILES string of the molecule is S=C1NC(c2ccccn2)C(c2ccc(-c3ccc(Cl)cc3Cl)o2)N1c1ccc(N2CCOCC2)cc1. The fraction of sp³-hybridized carbons (Fsp3) is 0.214. The van der Waals surface area contributed by atoms with E-state index in [1.807, 2.05) is 36.4 Å². The fourth-order valence-electron chi connectivity index (χ4n) is 4.91. The summed E-state index contributed by atoms with van der Waals surface area (Å²) in [5.74, 6) is 1.41. The van der Waals surface area contributed by atoms with E-state index in [1.165, 1.54) is 5.69 Å². The van der Waals surface area contributed by atoms with Crippen molar-refractivity contribution in [3.63, 3.8) is 0 Å². The van der Waals surface area contributed by atoms with E-state index >= 15 is 0 Å². The van der Waals surface area contributed by atoms with Crippen LogP contribution in [0.4, 0.5) is 11.4 Å². The third kappa shape index (κ3) is 4.80. The number of furan rings is 1. The quantitative estimate of drug-likeness (QED) is 0.279. The molecule has 2 atom stereocenters. The van der Waals surface area contributed by atoms with Crippen LogP contribution in [0.2, 0.25) is 10.0 Å². The van der Waals surface area contributed by atoms with Gasteiger partial charge in [0.05, 0.1) is 30.0 Å². The number of hydrogen-bond acceptors (Lipinski definition) is 5. The van der Waals surface area contributed by atoms with Crippen molar-refractivity contribution in [2.75, 3.05) is 36.1 Å². The molecule has 0 amide bonds. The van der Waals surface area contributed by atoms with Crippen LogP contribution in [0.15, 0.2) is 83.4 Å². The van der Waals surface area contributed by atoms with Crippen LogP contribution in [0, 0.1) is 0 Å². The fourth-order valence-corrected chi connectivity index (χ4v) is 5.76. The molecule has 2 aromatic carbocycles. The van der Waals surface area contributed by atoms with Gasteiger partial charge in [-0.2, -0.15) is 0 Å². The number of thiocarbonyl (C=S) groups is 1. The van der Waals surface area contributed by atoms with Gasteiger partial charge < -0.3 is 24.3 Å². The van der Waals surface area contributed by atoms with E-state index in [-0.39, 0.29) is 12.1 Å². The first kappa shape index (κ1) is 24.2. The van der Waals surface area contributed by atoms with Gasteiger partial charge in [-0.25, -0.2) is 0 Å². The second kappa shape index (κ2) is 10.3. The molecule has 2 unspecified atom stereocenters. The lowest BCUT2D eigenvalue weighted by Crippen LogP contribution is -2.36. The van der Waals surface area contributed by atoms with Gasteiger partial charge in [-0.3, -0.25) is 4.98 Å². The van der Waals surface area contributed by atoms with Crippen molar-refractivity contribution in [1.29, 1.82) is 0 Å². The standard InChI is InChI=1S/C28H24Cl2N4O2S/c29-18-4-9-21(22(30)17-18)24-10-11-25(36-24)27-26(23-3-1-2-12-31-23)32-28(37)34(27)20-7-5-19(6-8-20)33-13-15-35-16-14-33/h1-12,17,26-27H,13-16H2,(H,32,37). The lowest BCUT2D eigenvalue weighted by molar-refractivity contribution is 0.122. The number of anilines is 2. The molecular formula is C28H24Cl2N4O2S. The van der Waals surface area contributed by atoms with Gasteiger partial charge in [-0.05, 0) is 78.9 Å². The molecule has 4 heterocycles. The molecule has 2 saturated heterocycles. The lowest BCUT2D eigenvalue weighted by Gasteiger charge is -2.30. The summed E-state index contributed by atoms with van der Waals surface area (Å²) in [4.78, 5) is 9.05. The molecule has 6 nitrogen and oxygen atoms in total. The van der Waals surface area contributed by atoms with Crippen LogP contribution in [-0.2, 0) is 4.74 Å². The number of morpholine rings is 1. The highest BCUT2D eigenvalue weighted by Gasteiger charge is 2.42. The van der Waals surface area contributed by atoms with Crippen LogP contribution in [0.25, 0.3) is 11.3 Å². The predicted octanol–water partition coefficient (Wildman–Crippen LogP) is 6.66. The molecule has 2 aromatic heterocycles. The Morgan fingerprint density at radius 2 is 1.70 bits per heavy atom. The maximum atomic E-state index is 6.47. The van der Waals surface area contributed by atoms with E-state index in [4.69, 9.17) is 44.6 Å². The van der Waals surface area contributed by atoms with Gasteiger partial charge in [0.1, 0.15) is 17.6 Å². The Labute approximate surface area is 230 Å². The molecule has 0 saturated carbocycles. The van der Waals surface area contributed by atoms with Crippen LogP contribution in [0.5, 0.6) is 0 Å². The van der Waals surface area contributed by atoms with E-state index in [9.17, 15) is 0 Å². The second-order valence-electron chi connectivity index (χ2n) is 8.94. The molecule has 0 spiro atoms. The summed E-state index contributed by atoms with van der Waals surface area (Å²) >= 11 is 18.4. The van der Waals surface area contributed by atoms with Gasteiger partial charge in [0.25, 0.3) is 0 Å². The van der Waals surface area contributed by atoms with E-state index < -0.39 is 0 Å². The summed E-state index contributed by atoms with van der Waals surface area (Å²) in [6, 6.07) is 23.2. The smallest absolute Gasteiger partial charge is 0.174 e. The number of halogens is 2. The van der Waals surface area contributed by atoms with Gasteiger partial charge in [0.15, 0.2) is 5.11 Å². The summed E-state index contributed by atoms with van der Waals surface area (Å²) in [7, 11) is 0. The summed E-state index contributed by atoms with van der Waals surface area (Å²) in [5, 5.41) is 5.20. The average Bonchev–Trinajstić information content (AvgIpc) is 3.54. The Hall–Kier alpha value is -3.10. The Kier molecular flexibility index (Phi) is 6.78. The van der Waals surface area contributed by atoms with Crippen molar-refractivity contribution in [1.82, 2.24) is 10.3 Å². The Morgan fingerprint density at radius 1 is 0.919 bits per heavy atom. The van der Waals surface area contributed by atoms with Crippen molar-refractivity contribution in [2.24, 2.45) is 0 Å². The van der Waals surface area contributed by atoms with E-state index in [1.54, 1.807) is 18.3 Å². The van der Waals surface area contributed by atoms with Crippen LogP contribution in [0.3, 0.4) is 0 Å². The molecule has 2 aliphatic heterocycles. The van der Waals surface area contributed by atoms with Crippen molar-refractivity contribution in [3.05, 3.63) is 100 Å². The van der Waals surface area contributed by atoms with Gasteiger partial charge in [0.2, 0.25) is 0 Å².